The maximum Gasteiger partial charge on any atom is 0.295 e. The number of unbranched alkanes of at least 4 members (excludes halogenated alkanes) is 1. The number of amides is 1. The average Bonchev–Trinajstić information content (AvgIpc) is 3.09. The van der Waals surface area contributed by atoms with Crippen molar-refractivity contribution in [2.24, 2.45) is 0 Å². The van der Waals surface area contributed by atoms with E-state index in [9.17, 15) is 24.8 Å². The van der Waals surface area contributed by atoms with Gasteiger partial charge in [0.2, 0.25) is 5.78 Å². The zero-order valence-corrected chi connectivity index (χ0v) is 21.2. The summed E-state index contributed by atoms with van der Waals surface area (Å²) in [6.45, 7) is 5.45. The van der Waals surface area contributed by atoms with E-state index < -0.39 is 28.4 Å². The van der Waals surface area contributed by atoms with Gasteiger partial charge in [-0.3, -0.25) is 19.7 Å². The number of Topliss-reactive ketones (excluding diaryl/α,β-unsaturated/α-hetero) is 1. The highest BCUT2D eigenvalue weighted by Crippen LogP contribution is 2.40. The third-order valence-electron chi connectivity index (χ3n) is 6.19. The van der Waals surface area contributed by atoms with E-state index in [1.807, 2.05) is 21.0 Å². The first-order chi connectivity index (χ1) is 17.1. The van der Waals surface area contributed by atoms with Crippen LogP contribution in [-0.4, -0.2) is 55.3 Å². The van der Waals surface area contributed by atoms with Gasteiger partial charge in [0.25, 0.3) is 11.6 Å². The van der Waals surface area contributed by atoms with E-state index >= 15 is 0 Å². The Kier molecular flexibility index (Phi) is 8.82. The molecule has 1 saturated heterocycles. The van der Waals surface area contributed by atoms with Crippen LogP contribution in [0.5, 0.6) is 5.75 Å². The van der Waals surface area contributed by atoms with E-state index in [0.29, 0.717) is 24.3 Å². The highest BCUT2D eigenvalue weighted by atomic mass is 16.6. The molecule has 36 heavy (non-hydrogen) atoms. The minimum atomic E-state index is -0.990. The van der Waals surface area contributed by atoms with E-state index in [4.69, 9.17) is 4.74 Å². The summed E-state index contributed by atoms with van der Waals surface area (Å²) in [7, 11) is 3.96. The van der Waals surface area contributed by atoms with Crippen molar-refractivity contribution >= 4 is 23.1 Å². The van der Waals surface area contributed by atoms with E-state index in [0.717, 1.165) is 24.9 Å². The number of aryl methyl sites for hydroxylation is 1. The van der Waals surface area contributed by atoms with Crippen LogP contribution in [0.1, 0.15) is 48.9 Å². The topological polar surface area (TPSA) is 117 Å². The lowest BCUT2D eigenvalue weighted by Gasteiger charge is -2.27. The van der Waals surface area contributed by atoms with Gasteiger partial charge < -0.3 is 19.6 Å². The number of quaternary nitrogens is 1. The molecule has 0 bridgehead atoms. The first-order valence-electron chi connectivity index (χ1n) is 12.2. The SMILES string of the molecule is CCCCOc1ccc(C([O-])=C2C(=O)C(=O)N(CCC[NH+](C)C)C2c2cccc([N+](=O)[O-])c2)cc1C. The normalized spacial score (nSPS) is 17.1. The maximum absolute atomic E-state index is 13.6. The highest BCUT2D eigenvalue weighted by molar-refractivity contribution is 6.46. The number of rotatable bonds is 11. The summed E-state index contributed by atoms with van der Waals surface area (Å²) in [5.74, 6) is -1.54. The number of nitro benzene ring substituents is 1. The van der Waals surface area contributed by atoms with Crippen molar-refractivity contribution in [1.29, 1.82) is 0 Å². The fourth-order valence-corrected chi connectivity index (χ4v) is 4.29. The van der Waals surface area contributed by atoms with Gasteiger partial charge in [-0.15, -0.1) is 0 Å². The predicted molar refractivity (Wildman–Crippen MR) is 133 cm³/mol. The minimum absolute atomic E-state index is 0.173. The maximum atomic E-state index is 13.6. The molecule has 192 valence electrons. The molecule has 2 aromatic rings. The molecule has 1 aliphatic rings. The second-order valence-electron chi connectivity index (χ2n) is 9.32. The number of nitrogens with zero attached hydrogens (tertiary/aromatic N) is 2. The standard InChI is InChI=1S/C27H33N3O6/c1-5-6-15-36-22-12-11-20(16-18(22)2)25(31)23-24(19-9-7-10-21(17-19)30(34)35)29(27(33)26(23)32)14-8-13-28(3)4/h7,9-12,16-17,24,31H,5-6,8,13-15H2,1-4H3. The van der Waals surface area contributed by atoms with Crippen molar-refractivity contribution in [3.63, 3.8) is 0 Å². The number of nitrogens with one attached hydrogen (secondary N) is 1. The zero-order valence-electron chi connectivity index (χ0n) is 21.2. The summed E-state index contributed by atoms with van der Waals surface area (Å²) in [5, 5.41) is 25.0. The van der Waals surface area contributed by atoms with Crippen molar-refractivity contribution in [2.45, 2.75) is 39.2 Å². The molecule has 1 heterocycles. The molecule has 1 amide bonds. The molecule has 0 saturated carbocycles. The van der Waals surface area contributed by atoms with Crippen molar-refractivity contribution in [2.75, 3.05) is 33.8 Å². The Morgan fingerprint density at radius 1 is 1.14 bits per heavy atom. The fourth-order valence-electron chi connectivity index (χ4n) is 4.29. The van der Waals surface area contributed by atoms with Crippen LogP contribution in [0.15, 0.2) is 48.0 Å². The lowest BCUT2D eigenvalue weighted by Crippen LogP contribution is -3.05. The number of benzene rings is 2. The molecule has 1 aliphatic heterocycles. The van der Waals surface area contributed by atoms with Crippen LogP contribution >= 0.6 is 0 Å². The molecule has 9 nitrogen and oxygen atoms in total. The number of non-ortho nitro benzene ring substituents is 1. The van der Waals surface area contributed by atoms with Crippen molar-refractivity contribution in [3.05, 3.63) is 74.8 Å². The number of carbonyl (C=O) groups is 2. The summed E-state index contributed by atoms with van der Waals surface area (Å²) in [6, 6.07) is 9.71. The Hall–Kier alpha value is -3.72. The summed E-state index contributed by atoms with van der Waals surface area (Å²) in [4.78, 5) is 39.6. The van der Waals surface area contributed by atoms with Gasteiger partial charge in [-0.2, -0.15) is 0 Å². The molecule has 1 N–H and O–H groups in total. The molecule has 0 spiro atoms. The number of hydrogen-bond acceptors (Lipinski definition) is 6. The van der Waals surface area contributed by atoms with Gasteiger partial charge in [-0.25, -0.2) is 0 Å². The van der Waals surface area contributed by atoms with Crippen LogP contribution < -0.4 is 14.7 Å². The van der Waals surface area contributed by atoms with E-state index in [-0.39, 0.29) is 23.4 Å². The second kappa shape index (κ2) is 11.8. The Morgan fingerprint density at radius 2 is 1.89 bits per heavy atom. The lowest BCUT2D eigenvalue weighted by molar-refractivity contribution is -0.858. The summed E-state index contributed by atoms with van der Waals surface area (Å²) >= 11 is 0. The Bertz CT molecular complexity index is 1170. The van der Waals surface area contributed by atoms with Crippen molar-refractivity contribution in [3.8, 4) is 5.75 Å². The first-order valence-corrected chi connectivity index (χ1v) is 12.2. The second-order valence-corrected chi connectivity index (χ2v) is 9.32. The largest absolute Gasteiger partial charge is 0.872 e. The van der Waals surface area contributed by atoms with Crippen LogP contribution in [0.25, 0.3) is 5.76 Å². The molecule has 9 heteroatoms. The van der Waals surface area contributed by atoms with Crippen LogP contribution in [-0.2, 0) is 9.59 Å². The molecule has 1 atom stereocenters. The molecular weight excluding hydrogens is 462 g/mol. The van der Waals surface area contributed by atoms with Gasteiger partial charge >= 0.3 is 0 Å². The average molecular weight is 496 g/mol. The van der Waals surface area contributed by atoms with Crippen LogP contribution in [0.4, 0.5) is 5.69 Å². The molecule has 3 rings (SSSR count). The van der Waals surface area contributed by atoms with Gasteiger partial charge in [0.15, 0.2) is 0 Å². The number of ketones is 1. The quantitative estimate of drug-likeness (QED) is 0.127. The van der Waals surface area contributed by atoms with Gasteiger partial charge in [-0.1, -0.05) is 37.3 Å². The third kappa shape index (κ3) is 5.91. The molecule has 2 aromatic carbocycles. The van der Waals surface area contributed by atoms with Gasteiger partial charge in [-0.05, 0) is 42.2 Å². The first kappa shape index (κ1) is 26.9. The van der Waals surface area contributed by atoms with Crippen LogP contribution in [0.3, 0.4) is 0 Å². The Labute approximate surface area is 211 Å². The van der Waals surface area contributed by atoms with Crippen molar-refractivity contribution in [1.82, 2.24) is 4.90 Å². The monoisotopic (exact) mass is 495 g/mol. The predicted octanol–water partition coefficient (Wildman–Crippen LogP) is 1.84. The number of ether oxygens (including phenoxy) is 1. The van der Waals surface area contributed by atoms with Gasteiger partial charge in [0, 0.05) is 30.7 Å². The lowest BCUT2D eigenvalue weighted by atomic mass is 9.94. The van der Waals surface area contributed by atoms with Gasteiger partial charge in [0.05, 0.1) is 38.2 Å². The summed E-state index contributed by atoms with van der Waals surface area (Å²) in [6.07, 6.45) is 2.51. The van der Waals surface area contributed by atoms with Crippen molar-refractivity contribution < 1.29 is 29.3 Å². The molecule has 0 aromatic heterocycles. The number of hydrogen-bond donors (Lipinski definition) is 1. The highest BCUT2D eigenvalue weighted by Gasteiger charge is 2.44. The third-order valence-corrected chi connectivity index (χ3v) is 6.19. The summed E-state index contributed by atoms with van der Waals surface area (Å²) < 4.78 is 5.77. The number of nitro groups is 1. The van der Waals surface area contributed by atoms with Gasteiger partial charge in [0.1, 0.15) is 5.75 Å². The van der Waals surface area contributed by atoms with E-state index in [2.05, 4.69) is 6.92 Å². The summed E-state index contributed by atoms with van der Waals surface area (Å²) in [5.41, 5.74) is 1.01. The number of carbonyl (C=O) groups excluding carboxylic acids is 2. The van der Waals surface area contributed by atoms with Crippen LogP contribution in [0, 0.1) is 17.0 Å². The minimum Gasteiger partial charge on any atom is -0.872 e. The molecule has 1 fully saturated rings. The van der Waals surface area contributed by atoms with E-state index in [1.165, 1.54) is 28.0 Å². The molecule has 0 radical (unpaired) electrons. The Morgan fingerprint density at radius 3 is 2.53 bits per heavy atom. The zero-order chi connectivity index (χ0) is 26.4. The fraction of sp³-hybridized carbons (Fsp3) is 0.407. The molecular formula is C27H33N3O6. The smallest absolute Gasteiger partial charge is 0.295 e. The Balaban J connectivity index is 2.07. The van der Waals surface area contributed by atoms with Crippen LogP contribution in [0.2, 0.25) is 0 Å². The molecule has 1 unspecified atom stereocenters. The number of likely N-dealkylation sites (tertiary alicyclic amines) is 1. The van der Waals surface area contributed by atoms with E-state index in [1.54, 1.807) is 24.3 Å². The molecule has 0 aliphatic carbocycles.